The zero-order valence-electron chi connectivity index (χ0n) is 17.8. The van der Waals surface area contributed by atoms with E-state index in [2.05, 4.69) is 0 Å². The first-order valence-electron chi connectivity index (χ1n) is 10.0. The third-order valence-corrected chi connectivity index (χ3v) is 5.56. The molecule has 8 heteroatoms. The summed E-state index contributed by atoms with van der Waals surface area (Å²) in [6.45, 7) is 6.89. The highest BCUT2D eigenvalue weighted by Crippen LogP contribution is 2.38. The van der Waals surface area contributed by atoms with E-state index < -0.39 is 29.6 Å². The number of imidazole rings is 1. The van der Waals surface area contributed by atoms with Crippen molar-refractivity contribution in [3.63, 3.8) is 0 Å². The van der Waals surface area contributed by atoms with Gasteiger partial charge in [-0.3, -0.25) is 9.59 Å². The predicted octanol–water partition coefficient (Wildman–Crippen LogP) is 2.96. The van der Waals surface area contributed by atoms with Crippen LogP contribution in [0.2, 0.25) is 0 Å². The number of ether oxygens (including phenoxy) is 2. The summed E-state index contributed by atoms with van der Waals surface area (Å²) in [7, 11) is 0. The second-order valence-corrected chi connectivity index (χ2v) is 8.11. The molecule has 0 N–H and O–H groups in total. The van der Waals surface area contributed by atoms with Gasteiger partial charge in [0.2, 0.25) is 0 Å². The minimum Gasteiger partial charge on any atom is -0.711 e. The van der Waals surface area contributed by atoms with Crippen LogP contribution in [0, 0.1) is 25.0 Å². The van der Waals surface area contributed by atoms with E-state index in [1.165, 1.54) is 20.1 Å². The van der Waals surface area contributed by atoms with Crippen LogP contribution in [-0.4, -0.2) is 22.3 Å². The van der Waals surface area contributed by atoms with E-state index in [9.17, 15) is 14.8 Å². The molecule has 3 aromatic rings. The Balaban J connectivity index is 1.88. The summed E-state index contributed by atoms with van der Waals surface area (Å²) in [6.07, 6.45) is 1.44. The zero-order valence-corrected chi connectivity index (χ0v) is 17.8. The largest absolute Gasteiger partial charge is 0.711 e. The SMILES string of the molecule is Cc1c(C)[n+]([O-])c([C@H](c2ccco2)C2C(=O)OC(C)(C)OC2=O)n1Cc1ccccc1. The summed E-state index contributed by atoms with van der Waals surface area (Å²) >= 11 is 0. The maximum absolute atomic E-state index is 13.3. The first kappa shape index (κ1) is 20.7. The van der Waals surface area contributed by atoms with E-state index in [0.717, 1.165) is 16.0 Å². The van der Waals surface area contributed by atoms with Crippen molar-refractivity contribution in [1.29, 1.82) is 0 Å². The van der Waals surface area contributed by atoms with Crippen molar-refractivity contribution >= 4 is 11.9 Å². The first-order chi connectivity index (χ1) is 14.7. The van der Waals surface area contributed by atoms with Crippen molar-refractivity contribution in [2.24, 2.45) is 5.92 Å². The van der Waals surface area contributed by atoms with Gasteiger partial charge in [-0.2, -0.15) is 0 Å². The lowest BCUT2D eigenvalue weighted by molar-refractivity contribution is -0.621. The van der Waals surface area contributed by atoms with Crippen LogP contribution in [0.4, 0.5) is 0 Å². The van der Waals surface area contributed by atoms with Gasteiger partial charge in [-0.15, -0.1) is 0 Å². The van der Waals surface area contributed by atoms with E-state index in [0.29, 0.717) is 18.0 Å². The van der Waals surface area contributed by atoms with Gasteiger partial charge in [-0.05, 0) is 17.7 Å². The van der Waals surface area contributed by atoms with E-state index in [1.807, 2.05) is 41.8 Å². The van der Waals surface area contributed by atoms with Crippen LogP contribution < -0.4 is 4.73 Å². The topological polar surface area (TPSA) is 97.6 Å². The number of rotatable bonds is 5. The molecular formula is C23H24N2O6. The Labute approximate surface area is 179 Å². The highest BCUT2D eigenvalue weighted by Gasteiger charge is 2.53. The number of aromatic nitrogens is 2. The number of cyclic esters (lactones) is 2. The number of esters is 2. The molecule has 0 unspecified atom stereocenters. The lowest BCUT2D eigenvalue weighted by Crippen LogP contribution is -2.50. The molecule has 0 saturated carbocycles. The molecular weight excluding hydrogens is 400 g/mol. The van der Waals surface area contributed by atoms with Crippen molar-refractivity contribution in [3.05, 3.63) is 82.5 Å². The number of carbonyl (C=O) groups is 2. The van der Waals surface area contributed by atoms with Crippen molar-refractivity contribution in [3.8, 4) is 0 Å². The van der Waals surface area contributed by atoms with E-state index in [1.54, 1.807) is 19.1 Å². The Hall–Kier alpha value is -3.55. The van der Waals surface area contributed by atoms with Crippen molar-refractivity contribution < 1.29 is 28.2 Å². The van der Waals surface area contributed by atoms with Crippen LogP contribution in [0.15, 0.2) is 53.1 Å². The lowest BCUT2D eigenvalue weighted by Gasteiger charge is -2.34. The summed E-state index contributed by atoms with van der Waals surface area (Å²) in [5, 5.41) is 13.3. The third kappa shape index (κ3) is 3.69. The molecule has 0 spiro atoms. The zero-order chi connectivity index (χ0) is 22.3. The predicted molar refractivity (Wildman–Crippen MR) is 109 cm³/mol. The van der Waals surface area contributed by atoms with Gasteiger partial charge in [0.1, 0.15) is 29.6 Å². The van der Waals surface area contributed by atoms with Crippen LogP contribution in [0.25, 0.3) is 0 Å². The number of hydrogen-bond donors (Lipinski definition) is 0. The number of carbonyl (C=O) groups excluding carboxylic acids is 2. The van der Waals surface area contributed by atoms with Crippen molar-refractivity contribution in [2.45, 2.75) is 45.9 Å². The molecule has 162 valence electrons. The van der Waals surface area contributed by atoms with E-state index >= 15 is 0 Å². The summed E-state index contributed by atoms with van der Waals surface area (Å²) in [4.78, 5) is 25.8. The van der Waals surface area contributed by atoms with Crippen molar-refractivity contribution in [1.82, 2.24) is 4.57 Å². The molecule has 0 aliphatic carbocycles. The van der Waals surface area contributed by atoms with E-state index in [-0.39, 0.29) is 5.82 Å². The molecule has 1 aliphatic rings. The minimum atomic E-state index is -1.37. The second kappa shape index (κ2) is 7.61. The van der Waals surface area contributed by atoms with Gasteiger partial charge < -0.3 is 19.1 Å². The molecule has 1 aromatic carbocycles. The molecule has 1 aliphatic heterocycles. The van der Waals surface area contributed by atoms with Gasteiger partial charge in [0, 0.05) is 27.7 Å². The fourth-order valence-corrected chi connectivity index (χ4v) is 3.96. The number of furan rings is 1. The smallest absolute Gasteiger partial charge is 0.325 e. The Kier molecular flexibility index (Phi) is 5.08. The fraction of sp³-hybridized carbons (Fsp3) is 0.348. The molecule has 0 amide bonds. The average molecular weight is 424 g/mol. The van der Waals surface area contributed by atoms with Crippen LogP contribution >= 0.6 is 0 Å². The second-order valence-electron chi connectivity index (χ2n) is 8.11. The highest BCUT2D eigenvalue weighted by molar-refractivity contribution is 5.98. The molecule has 8 nitrogen and oxygen atoms in total. The van der Waals surface area contributed by atoms with Gasteiger partial charge in [-0.25, -0.2) is 9.30 Å². The summed E-state index contributed by atoms with van der Waals surface area (Å²) < 4.78 is 18.8. The molecule has 0 radical (unpaired) electrons. The number of benzene rings is 1. The van der Waals surface area contributed by atoms with Crippen LogP contribution in [0.5, 0.6) is 0 Å². The molecule has 1 atom stereocenters. The maximum atomic E-state index is 13.3. The van der Waals surface area contributed by atoms with E-state index in [4.69, 9.17) is 13.9 Å². The van der Waals surface area contributed by atoms with Crippen LogP contribution in [0.3, 0.4) is 0 Å². The monoisotopic (exact) mass is 424 g/mol. The number of nitrogens with zero attached hydrogens (tertiary/aromatic N) is 2. The standard InChI is InChI=1S/C23H24N2O6/c1-14-15(2)25(28)20(24(14)13-16-9-6-5-7-10-16)18(17-11-8-12-29-17)19-21(26)30-23(3,4)31-22(19)27/h5-12,18-19H,13H2,1-4H3/t18-/m1/s1. The normalized spacial score (nSPS) is 17.3. The third-order valence-electron chi connectivity index (χ3n) is 5.56. The summed E-state index contributed by atoms with van der Waals surface area (Å²) in [6, 6.07) is 12.9. The fourth-order valence-electron chi connectivity index (χ4n) is 3.96. The highest BCUT2D eigenvalue weighted by atomic mass is 16.7. The minimum absolute atomic E-state index is 0.215. The van der Waals surface area contributed by atoms with Crippen molar-refractivity contribution in [2.75, 3.05) is 0 Å². The van der Waals surface area contributed by atoms with Gasteiger partial charge in [-0.1, -0.05) is 30.3 Å². The maximum Gasteiger partial charge on any atom is 0.325 e. The average Bonchev–Trinajstić information content (AvgIpc) is 3.30. The molecule has 1 saturated heterocycles. The van der Waals surface area contributed by atoms with Crippen LogP contribution in [-0.2, 0) is 25.6 Å². The Morgan fingerprint density at radius 3 is 2.29 bits per heavy atom. The first-order valence-corrected chi connectivity index (χ1v) is 10.0. The van der Waals surface area contributed by atoms with Gasteiger partial charge in [0.05, 0.1) is 6.26 Å². The summed E-state index contributed by atoms with van der Waals surface area (Å²) in [5.41, 5.74) is 2.17. The van der Waals surface area contributed by atoms with Gasteiger partial charge >= 0.3 is 11.9 Å². The molecule has 31 heavy (non-hydrogen) atoms. The van der Waals surface area contributed by atoms with Crippen LogP contribution in [0.1, 0.15) is 48.3 Å². The Morgan fingerprint density at radius 1 is 1.06 bits per heavy atom. The Bertz CT molecular complexity index is 1090. The number of hydrogen-bond acceptors (Lipinski definition) is 6. The molecule has 4 rings (SSSR count). The molecule has 3 heterocycles. The summed E-state index contributed by atoms with van der Waals surface area (Å²) in [5.74, 6) is -4.76. The quantitative estimate of drug-likeness (QED) is 0.270. The molecule has 1 fully saturated rings. The molecule has 2 aromatic heterocycles. The lowest BCUT2D eigenvalue weighted by atomic mass is 9.88. The van der Waals surface area contributed by atoms with Gasteiger partial charge in [0.15, 0.2) is 5.92 Å². The van der Waals surface area contributed by atoms with Gasteiger partial charge in [0.25, 0.3) is 11.6 Å². The Morgan fingerprint density at radius 2 is 1.71 bits per heavy atom. The molecule has 0 bridgehead atoms.